The summed E-state index contributed by atoms with van der Waals surface area (Å²) in [6, 6.07) is 3.39. The second-order valence-electron chi connectivity index (χ2n) is 4.29. The Kier molecular flexibility index (Phi) is 1.80. The monoisotopic (exact) mass is 216 g/mol. The van der Waals surface area contributed by atoms with Crippen LogP contribution in [0.15, 0.2) is 18.3 Å². The fraction of sp³-hybridized carbons (Fsp3) is 0.333. The van der Waals surface area contributed by atoms with Crippen LogP contribution < -0.4 is 0 Å². The minimum absolute atomic E-state index is 0.00226. The highest BCUT2D eigenvalue weighted by molar-refractivity contribution is 6.00. The van der Waals surface area contributed by atoms with Gasteiger partial charge in [0.2, 0.25) is 0 Å². The molecule has 1 N–H and O–H groups in total. The SMILES string of the molecule is CC(=O)c1cnn2c(C3CC3)c(O)ccc12. The third-order valence-corrected chi connectivity index (χ3v) is 3.04. The highest BCUT2D eigenvalue weighted by Gasteiger charge is 2.29. The van der Waals surface area contributed by atoms with Gasteiger partial charge in [0.15, 0.2) is 5.78 Å². The van der Waals surface area contributed by atoms with Gasteiger partial charge in [-0.2, -0.15) is 5.10 Å². The first-order chi connectivity index (χ1) is 7.68. The van der Waals surface area contributed by atoms with E-state index in [2.05, 4.69) is 5.10 Å². The van der Waals surface area contributed by atoms with E-state index < -0.39 is 0 Å². The number of aromatic nitrogens is 2. The number of fused-ring (bicyclic) bond motifs is 1. The number of rotatable bonds is 2. The first kappa shape index (κ1) is 9.39. The van der Waals surface area contributed by atoms with E-state index in [1.165, 1.54) is 6.92 Å². The predicted octanol–water partition coefficient (Wildman–Crippen LogP) is 2.12. The fourth-order valence-corrected chi connectivity index (χ4v) is 2.07. The zero-order chi connectivity index (χ0) is 11.3. The van der Waals surface area contributed by atoms with Crippen molar-refractivity contribution >= 4 is 11.3 Å². The van der Waals surface area contributed by atoms with E-state index in [0.29, 0.717) is 11.5 Å². The summed E-state index contributed by atoms with van der Waals surface area (Å²) >= 11 is 0. The van der Waals surface area contributed by atoms with Crippen molar-refractivity contribution in [1.82, 2.24) is 9.61 Å². The van der Waals surface area contributed by atoms with Gasteiger partial charge in [0, 0.05) is 5.92 Å². The molecule has 4 nitrogen and oxygen atoms in total. The van der Waals surface area contributed by atoms with Crippen LogP contribution >= 0.6 is 0 Å². The molecule has 0 aromatic carbocycles. The van der Waals surface area contributed by atoms with Gasteiger partial charge in [0.25, 0.3) is 0 Å². The van der Waals surface area contributed by atoms with Gasteiger partial charge in [-0.05, 0) is 31.9 Å². The molecule has 0 unspecified atom stereocenters. The normalized spacial score (nSPS) is 15.6. The number of pyridine rings is 1. The van der Waals surface area contributed by atoms with Crippen LogP contribution in [0.3, 0.4) is 0 Å². The highest BCUT2D eigenvalue weighted by atomic mass is 16.3. The topological polar surface area (TPSA) is 54.6 Å². The van der Waals surface area contributed by atoms with Gasteiger partial charge >= 0.3 is 0 Å². The predicted molar refractivity (Wildman–Crippen MR) is 58.8 cm³/mol. The molecule has 0 amide bonds. The molecule has 0 saturated heterocycles. The number of nitrogens with zero attached hydrogens (tertiary/aromatic N) is 2. The third-order valence-electron chi connectivity index (χ3n) is 3.04. The van der Waals surface area contributed by atoms with Crippen LogP contribution in [0.4, 0.5) is 0 Å². The minimum atomic E-state index is 0.00226. The Balaban J connectivity index is 2.32. The zero-order valence-electron chi connectivity index (χ0n) is 8.97. The average Bonchev–Trinajstić information content (AvgIpc) is 2.96. The van der Waals surface area contributed by atoms with Gasteiger partial charge in [0.1, 0.15) is 5.75 Å². The largest absolute Gasteiger partial charge is 0.506 e. The highest BCUT2D eigenvalue weighted by Crippen LogP contribution is 2.44. The van der Waals surface area contributed by atoms with E-state index in [4.69, 9.17) is 0 Å². The molecule has 1 saturated carbocycles. The lowest BCUT2D eigenvalue weighted by Gasteiger charge is -2.05. The Hall–Kier alpha value is -1.84. The zero-order valence-corrected chi connectivity index (χ0v) is 8.97. The van der Waals surface area contributed by atoms with Crippen LogP contribution in [-0.2, 0) is 0 Å². The van der Waals surface area contributed by atoms with E-state index in [1.54, 1.807) is 22.8 Å². The van der Waals surface area contributed by atoms with Crippen molar-refractivity contribution in [2.45, 2.75) is 25.7 Å². The van der Waals surface area contributed by atoms with Gasteiger partial charge in [0.05, 0.1) is 23.0 Å². The van der Waals surface area contributed by atoms with Crippen LogP contribution in [0.25, 0.3) is 5.52 Å². The van der Waals surface area contributed by atoms with Gasteiger partial charge in [-0.25, -0.2) is 4.52 Å². The average molecular weight is 216 g/mol. The van der Waals surface area contributed by atoms with Crippen molar-refractivity contribution in [3.63, 3.8) is 0 Å². The molecule has 2 aromatic heterocycles. The molecule has 1 aliphatic carbocycles. The molecule has 16 heavy (non-hydrogen) atoms. The Bertz CT molecular complexity index is 582. The number of hydrogen-bond donors (Lipinski definition) is 1. The molecule has 0 radical (unpaired) electrons. The number of Topliss-reactive ketones (excluding diaryl/α,β-unsaturated/α-hetero) is 1. The standard InChI is InChI=1S/C12H12N2O2/c1-7(15)9-6-13-14-10(9)4-5-11(16)12(14)8-2-3-8/h4-6,8,16H,2-3H2,1H3. The smallest absolute Gasteiger partial charge is 0.163 e. The summed E-state index contributed by atoms with van der Waals surface area (Å²) in [6.07, 6.45) is 3.74. The van der Waals surface area contributed by atoms with Gasteiger partial charge in [-0.3, -0.25) is 4.79 Å². The van der Waals surface area contributed by atoms with Crippen LogP contribution in [0.2, 0.25) is 0 Å². The summed E-state index contributed by atoms with van der Waals surface area (Å²) in [4.78, 5) is 11.4. The molecule has 0 atom stereocenters. The quantitative estimate of drug-likeness (QED) is 0.782. The lowest BCUT2D eigenvalue weighted by atomic mass is 10.1. The molecule has 1 aliphatic rings. The summed E-state index contributed by atoms with van der Waals surface area (Å²) in [5, 5.41) is 14.0. The summed E-state index contributed by atoms with van der Waals surface area (Å²) in [6.45, 7) is 1.53. The lowest BCUT2D eigenvalue weighted by Crippen LogP contribution is -1.98. The second kappa shape index (κ2) is 3.07. The van der Waals surface area contributed by atoms with Crippen molar-refractivity contribution in [2.75, 3.05) is 0 Å². The maximum Gasteiger partial charge on any atom is 0.163 e. The Labute approximate surface area is 92.5 Å². The van der Waals surface area contributed by atoms with E-state index in [1.807, 2.05) is 0 Å². The van der Waals surface area contributed by atoms with Gasteiger partial charge in [-0.1, -0.05) is 0 Å². The number of hydrogen-bond acceptors (Lipinski definition) is 3. The Morgan fingerprint density at radius 2 is 2.25 bits per heavy atom. The van der Waals surface area contributed by atoms with Crippen LogP contribution in [0.1, 0.15) is 41.7 Å². The number of aromatic hydroxyl groups is 1. The van der Waals surface area contributed by atoms with E-state index >= 15 is 0 Å². The van der Waals surface area contributed by atoms with Gasteiger partial charge in [-0.15, -0.1) is 0 Å². The van der Waals surface area contributed by atoms with E-state index in [0.717, 1.165) is 24.1 Å². The van der Waals surface area contributed by atoms with Crippen LogP contribution in [0, 0.1) is 0 Å². The van der Waals surface area contributed by atoms with Crippen LogP contribution in [-0.4, -0.2) is 20.5 Å². The van der Waals surface area contributed by atoms with Gasteiger partial charge < -0.3 is 5.11 Å². The number of carbonyl (C=O) groups excluding carboxylic acids is 1. The van der Waals surface area contributed by atoms with Crippen LogP contribution in [0.5, 0.6) is 5.75 Å². The maximum absolute atomic E-state index is 11.4. The molecule has 3 rings (SSSR count). The molecule has 0 aliphatic heterocycles. The summed E-state index contributed by atoms with van der Waals surface area (Å²) in [5.74, 6) is 0.666. The van der Waals surface area contributed by atoms with Crippen molar-refractivity contribution in [2.24, 2.45) is 0 Å². The van der Waals surface area contributed by atoms with E-state index in [-0.39, 0.29) is 11.5 Å². The lowest BCUT2D eigenvalue weighted by molar-refractivity contribution is 0.101. The molecule has 2 heterocycles. The fourth-order valence-electron chi connectivity index (χ4n) is 2.07. The molecule has 82 valence electrons. The molecule has 0 bridgehead atoms. The molecular weight excluding hydrogens is 204 g/mol. The molecule has 4 heteroatoms. The Morgan fingerprint density at radius 1 is 1.50 bits per heavy atom. The van der Waals surface area contributed by atoms with Crippen molar-refractivity contribution in [1.29, 1.82) is 0 Å². The number of ketones is 1. The minimum Gasteiger partial charge on any atom is -0.506 e. The summed E-state index contributed by atoms with van der Waals surface area (Å²) < 4.78 is 1.70. The molecule has 1 fully saturated rings. The summed E-state index contributed by atoms with van der Waals surface area (Å²) in [7, 11) is 0. The third kappa shape index (κ3) is 1.23. The second-order valence-corrected chi connectivity index (χ2v) is 4.29. The molecule has 2 aromatic rings. The summed E-state index contributed by atoms with van der Waals surface area (Å²) in [5.41, 5.74) is 2.24. The van der Waals surface area contributed by atoms with E-state index in [9.17, 15) is 9.90 Å². The molecular formula is C12H12N2O2. The Morgan fingerprint density at radius 3 is 2.88 bits per heavy atom. The molecule has 0 spiro atoms. The first-order valence-corrected chi connectivity index (χ1v) is 5.39. The maximum atomic E-state index is 11.4. The van der Waals surface area contributed by atoms with Crippen molar-refractivity contribution in [3.8, 4) is 5.75 Å². The van der Waals surface area contributed by atoms with Crippen molar-refractivity contribution < 1.29 is 9.90 Å². The number of carbonyl (C=O) groups is 1. The first-order valence-electron chi connectivity index (χ1n) is 5.39. The van der Waals surface area contributed by atoms with Crippen molar-refractivity contribution in [3.05, 3.63) is 29.6 Å².